The molecule has 0 bridgehead atoms. The molecular weight excluding hydrogens is 278 g/mol. The summed E-state index contributed by atoms with van der Waals surface area (Å²) >= 11 is 0. The van der Waals surface area contributed by atoms with Crippen LogP contribution in [0.5, 0.6) is 11.5 Å². The van der Waals surface area contributed by atoms with Gasteiger partial charge in [0.2, 0.25) is 0 Å². The number of anilines is 1. The number of carbonyl (C=O) groups excluding carboxylic acids is 1. The summed E-state index contributed by atoms with van der Waals surface area (Å²) in [5.74, 6) is 1.29. The maximum absolute atomic E-state index is 12.3. The summed E-state index contributed by atoms with van der Waals surface area (Å²) in [5, 5.41) is 2.86. The van der Waals surface area contributed by atoms with Gasteiger partial charge in [0.05, 0.1) is 7.11 Å². The molecule has 1 amide bonds. The zero-order valence-electron chi connectivity index (χ0n) is 13.1. The third kappa shape index (κ3) is 4.25. The summed E-state index contributed by atoms with van der Waals surface area (Å²) in [7, 11) is 1.61. The van der Waals surface area contributed by atoms with Crippen molar-refractivity contribution in [3.8, 4) is 11.5 Å². The molecule has 1 N–H and O–H groups in total. The molecule has 2 aromatic rings. The van der Waals surface area contributed by atoms with Crippen LogP contribution in [0.4, 0.5) is 5.69 Å². The molecule has 0 heterocycles. The smallest absolute Gasteiger partial charge is 0.265 e. The van der Waals surface area contributed by atoms with Crippen LogP contribution in [0.1, 0.15) is 18.9 Å². The van der Waals surface area contributed by atoms with E-state index in [1.165, 1.54) is 0 Å². The van der Waals surface area contributed by atoms with Crippen molar-refractivity contribution in [2.45, 2.75) is 26.4 Å². The van der Waals surface area contributed by atoms with Crippen LogP contribution in [0, 0.1) is 6.92 Å². The Balaban J connectivity index is 1.99. The van der Waals surface area contributed by atoms with E-state index >= 15 is 0 Å². The van der Waals surface area contributed by atoms with Crippen molar-refractivity contribution in [1.29, 1.82) is 0 Å². The Morgan fingerprint density at radius 1 is 1.05 bits per heavy atom. The van der Waals surface area contributed by atoms with E-state index in [-0.39, 0.29) is 5.91 Å². The molecule has 0 aliphatic heterocycles. The highest BCUT2D eigenvalue weighted by atomic mass is 16.5. The van der Waals surface area contributed by atoms with E-state index in [0.29, 0.717) is 12.2 Å². The molecule has 0 spiro atoms. The molecule has 0 saturated carbocycles. The number of aryl methyl sites for hydroxylation is 1. The second-order valence-corrected chi connectivity index (χ2v) is 5.05. The minimum Gasteiger partial charge on any atom is -0.497 e. The van der Waals surface area contributed by atoms with Crippen LogP contribution in [0.2, 0.25) is 0 Å². The number of amides is 1. The number of rotatable bonds is 6. The standard InChI is InChI=1S/C18H21NO3/c1-4-17(22-16-9-5-13(2)6-10-16)18(20)19-14-7-11-15(21-3)12-8-14/h5-12,17H,4H2,1-3H3,(H,19,20). The Kier molecular flexibility index (Phi) is 5.42. The molecule has 2 rings (SSSR count). The molecule has 1 atom stereocenters. The minimum atomic E-state index is -0.523. The monoisotopic (exact) mass is 299 g/mol. The van der Waals surface area contributed by atoms with Gasteiger partial charge in [-0.25, -0.2) is 0 Å². The Morgan fingerprint density at radius 3 is 2.18 bits per heavy atom. The average molecular weight is 299 g/mol. The second-order valence-electron chi connectivity index (χ2n) is 5.05. The van der Waals surface area contributed by atoms with Crippen LogP contribution in [0.25, 0.3) is 0 Å². The third-order valence-corrected chi connectivity index (χ3v) is 3.32. The highest BCUT2D eigenvalue weighted by molar-refractivity contribution is 5.94. The summed E-state index contributed by atoms with van der Waals surface area (Å²) < 4.78 is 10.9. The number of ether oxygens (including phenoxy) is 2. The van der Waals surface area contributed by atoms with Crippen molar-refractivity contribution >= 4 is 11.6 Å². The summed E-state index contributed by atoms with van der Waals surface area (Å²) in [6, 6.07) is 14.9. The molecule has 22 heavy (non-hydrogen) atoms. The van der Waals surface area contributed by atoms with Crippen LogP contribution < -0.4 is 14.8 Å². The summed E-state index contributed by atoms with van der Waals surface area (Å²) in [6.45, 7) is 3.93. The van der Waals surface area contributed by atoms with Gasteiger partial charge in [0.15, 0.2) is 6.10 Å². The summed E-state index contributed by atoms with van der Waals surface area (Å²) in [6.07, 6.45) is 0.0698. The Hall–Kier alpha value is -2.49. The van der Waals surface area contributed by atoms with Gasteiger partial charge in [0.25, 0.3) is 5.91 Å². The maximum atomic E-state index is 12.3. The quantitative estimate of drug-likeness (QED) is 0.882. The number of carbonyl (C=O) groups is 1. The lowest BCUT2D eigenvalue weighted by molar-refractivity contribution is -0.122. The van der Waals surface area contributed by atoms with Gasteiger partial charge >= 0.3 is 0 Å². The first-order valence-corrected chi connectivity index (χ1v) is 7.30. The fourth-order valence-corrected chi connectivity index (χ4v) is 2.00. The lowest BCUT2D eigenvalue weighted by Gasteiger charge is -2.17. The Bertz CT molecular complexity index is 605. The van der Waals surface area contributed by atoms with Gasteiger partial charge in [0, 0.05) is 5.69 Å². The molecule has 1 unspecified atom stereocenters. The van der Waals surface area contributed by atoms with E-state index in [1.54, 1.807) is 31.4 Å². The zero-order valence-corrected chi connectivity index (χ0v) is 13.1. The fraction of sp³-hybridized carbons (Fsp3) is 0.278. The fourth-order valence-electron chi connectivity index (χ4n) is 2.00. The van der Waals surface area contributed by atoms with E-state index in [9.17, 15) is 4.79 Å². The van der Waals surface area contributed by atoms with Crippen LogP contribution >= 0.6 is 0 Å². The third-order valence-electron chi connectivity index (χ3n) is 3.32. The topological polar surface area (TPSA) is 47.6 Å². The van der Waals surface area contributed by atoms with Crippen LogP contribution in [0.3, 0.4) is 0 Å². The van der Waals surface area contributed by atoms with Crippen LogP contribution in [-0.4, -0.2) is 19.1 Å². The summed E-state index contributed by atoms with van der Waals surface area (Å²) in [5.41, 5.74) is 1.87. The first kappa shape index (κ1) is 15.9. The van der Waals surface area contributed by atoms with Crippen molar-refractivity contribution in [2.24, 2.45) is 0 Å². The molecule has 116 valence electrons. The Morgan fingerprint density at radius 2 is 1.64 bits per heavy atom. The predicted octanol–water partition coefficient (Wildman–Crippen LogP) is 3.80. The van der Waals surface area contributed by atoms with Gasteiger partial charge in [-0.1, -0.05) is 24.6 Å². The van der Waals surface area contributed by atoms with E-state index in [2.05, 4.69) is 5.32 Å². The zero-order chi connectivity index (χ0) is 15.9. The maximum Gasteiger partial charge on any atom is 0.265 e. The summed E-state index contributed by atoms with van der Waals surface area (Å²) in [4.78, 5) is 12.3. The van der Waals surface area contributed by atoms with Crippen LogP contribution in [0.15, 0.2) is 48.5 Å². The molecular formula is C18H21NO3. The Labute approximate surface area is 131 Å². The minimum absolute atomic E-state index is 0.159. The van der Waals surface area contributed by atoms with Gasteiger partial charge in [-0.15, -0.1) is 0 Å². The van der Waals surface area contributed by atoms with Crippen molar-refractivity contribution in [2.75, 3.05) is 12.4 Å². The number of benzene rings is 2. The lowest BCUT2D eigenvalue weighted by Crippen LogP contribution is -2.32. The van der Waals surface area contributed by atoms with Crippen LogP contribution in [-0.2, 0) is 4.79 Å². The number of methoxy groups -OCH3 is 1. The van der Waals surface area contributed by atoms with Crippen molar-refractivity contribution in [1.82, 2.24) is 0 Å². The molecule has 0 aliphatic carbocycles. The molecule has 4 heteroatoms. The van der Waals surface area contributed by atoms with Gasteiger partial charge in [0.1, 0.15) is 11.5 Å². The first-order valence-electron chi connectivity index (χ1n) is 7.30. The van der Waals surface area contributed by atoms with Crippen molar-refractivity contribution in [3.63, 3.8) is 0 Å². The molecule has 0 fully saturated rings. The predicted molar refractivity (Wildman–Crippen MR) is 87.5 cm³/mol. The molecule has 0 aliphatic rings. The van der Waals surface area contributed by atoms with Gasteiger partial charge in [-0.3, -0.25) is 4.79 Å². The molecule has 2 aromatic carbocycles. The highest BCUT2D eigenvalue weighted by Gasteiger charge is 2.18. The van der Waals surface area contributed by atoms with Crippen molar-refractivity contribution < 1.29 is 14.3 Å². The highest BCUT2D eigenvalue weighted by Crippen LogP contribution is 2.18. The normalized spacial score (nSPS) is 11.6. The van der Waals surface area contributed by atoms with E-state index in [1.807, 2.05) is 38.1 Å². The van der Waals surface area contributed by atoms with Gasteiger partial charge < -0.3 is 14.8 Å². The molecule has 0 saturated heterocycles. The SMILES string of the molecule is CCC(Oc1ccc(C)cc1)C(=O)Nc1ccc(OC)cc1. The lowest BCUT2D eigenvalue weighted by atomic mass is 10.2. The molecule has 0 radical (unpaired) electrons. The van der Waals surface area contributed by atoms with Gasteiger partial charge in [-0.05, 0) is 49.7 Å². The average Bonchev–Trinajstić information content (AvgIpc) is 2.55. The van der Waals surface area contributed by atoms with Gasteiger partial charge in [-0.2, -0.15) is 0 Å². The molecule has 0 aromatic heterocycles. The molecule has 4 nitrogen and oxygen atoms in total. The largest absolute Gasteiger partial charge is 0.497 e. The number of hydrogen-bond donors (Lipinski definition) is 1. The van der Waals surface area contributed by atoms with E-state index < -0.39 is 6.10 Å². The number of hydrogen-bond acceptors (Lipinski definition) is 3. The number of nitrogens with one attached hydrogen (secondary N) is 1. The first-order chi connectivity index (χ1) is 10.6. The van der Waals surface area contributed by atoms with Crippen molar-refractivity contribution in [3.05, 3.63) is 54.1 Å². The second kappa shape index (κ2) is 7.50. The van der Waals surface area contributed by atoms with E-state index in [4.69, 9.17) is 9.47 Å². The van der Waals surface area contributed by atoms with E-state index in [0.717, 1.165) is 17.0 Å².